The third-order valence-corrected chi connectivity index (χ3v) is 5.87. The van der Waals surface area contributed by atoms with Gasteiger partial charge in [-0.25, -0.2) is 0 Å². The molecule has 2 heterocycles. The summed E-state index contributed by atoms with van der Waals surface area (Å²) in [6, 6.07) is 16.8. The first-order valence-corrected chi connectivity index (χ1v) is 10.3. The van der Waals surface area contributed by atoms with Gasteiger partial charge >= 0.3 is 0 Å². The van der Waals surface area contributed by atoms with Crippen molar-refractivity contribution in [1.82, 2.24) is 24.2 Å². The Kier molecular flexibility index (Phi) is 4.36. The summed E-state index contributed by atoms with van der Waals surface area (Å²) in [5.41, 5.74) is 9.73. The van der Waals surface area contributed by atoms with Crippen molar-refractivity contribution in [1.29, 1.82) is 0 Å². The highest BCUT2D eigenvalue weighted by Gasteiger charge is 2.22. The van der Waals surface area contributed by atoms with Crippen molar-refractivity contribution in [2.24, 2.45) is 0 Å². The fourth-order valence-electron chi connectivity index (χ4n) is 3.73. The zero-order valence-electron chi connectivity index (χ0n) is 17.2. The SMILES string of the molecule is CN(C)c1ccc(-c2c3nsnc3c(-c3ccc(N(C)C)cc3)c3[nH]nnc23)cc1. The summed E-state index contributed by atoms with van der Waals surface area (Å²) in [5.74, 6) is 0. The number of benzene rings is 3. The van der Waals surface area contributed by atoms with Gasteiger partial charge in [0.25, 0.3) is 0 Å². The van der Waals surface area contributed by atoms with Crippen LogP contribution in [-0.2, 0) is 0 Å². The number of fused-ring (bicyclic) bond motifs is 2. The van der Waals surface area contributed by atoms with E-state index in [0.717, 1.165) is 55.7 Å². The van der Waals surface area contributed by atoms with Gasteiger partial charge in [-0.15, -0.1) is 5.10 Å². The number of nitrogens with one attached hydrogen (secondary N) is 1. The van der Waals surface area contributed by atoms with E-state index in [-0.39, 0.29) is 0 Å². The van der Waals surface area contributed by atoms with E-state index in [1.54, 1.807) is 0 Å². The zero-order valence-corrected chi connectivity index (χ0v) is 18.0. The van der Waals surface area contributed by atoms with Gasteiger partial charge in [-0.3, -0.25) is 5.10 Å². The van der Waals surface area contributed by atoms with Crippen LogP contribution in [0, 0.1) is 0 Å². The fourth-order valence-corrected chi connectivity index (χ4v) is 4.29. The van der Waals surface area contributed by atoms with Crippen LogP contribution in [0.25, 0.3) is 44.3 Å². The molecule has 0 spiro atoms. The van der Waals surface area contributed by atoms with Crippen LogP contribution in [0.4, 0.5) is 11.4 Å². The molecular formula is C22H21N7S. The molecule has 30 heavy (non-hydrogen) atoms. The Hall–Kier alpha value is -3.52. The minimum Gasteiger partial charge on any atom is -0.378 e. The standard InChI is InChI=1S/C22H21N7S/c1-28(2)15-9-5-13(6-10-15)17-19-20(24-27-23-19)18(22-21(17)25-30-26-22)14-7-11-16(12-8-14)29(3)4/h5-12H,1-4H3,(H,23,24). The minimum atomic E-state index is 0.805. The fraction of sp³-hybridized carbons (Fsp3) is 0.182. The normalized spacial score (nSPS) is 11.3. The minimum absolute atomic E-state index is 0.805. The molecule has 0 radical (unpaired) electrons. The largest absolute Gasteiger partial charge is 0.378 e. The molecule has 1 N–H and O–H groups in total. The maximum Gasteiger partial charge on any atom is 0.123 e. The molecule has 7 nitrogen and oxygen atoms in total. The summed E-state index contributed by atoms with van der Waals surface area (Å²) in [4.78, 5) is 4.16. The lowest BCUT2D eigenvalue weighted by Gasteiger charge is -2.14. The molecule has 0 unspecified atom stereocenters. The van der Waals surface area contributed by atoms with Crippen LogP contribution in [0.2, 0.25) is 0 Å². The van der Waals surface area contributed by atoms with E-state index in [4.69, 9.17) is 0 Å². The van der Waals surface area contributed by atoms with Crippen molar-refractivity contribution in [3.63, 3.8) is 0 Å². The predicted octanol–water partition coefficient (Wildman–Crippen LogP) is 4.43. The van der Waals surface area contributed by atoms with Gasteiger partial charge in [-0.05, 0) is 35.4 Å². The van der Waals surface area contributed by atoms with Crippen LogP contribution in [0.3, 0.4) is 0 Å². The molecule has 0 saturated heterocycles. The van der Waals surface area contributed by atoms with Crippen LogP contribution in [0.5, 0.6) is 0 Å². The Labute approximate surface area is 178 Å². The number of anilines is 2. The number of nitrogens with zero attached hydrogens (tertiary/aromatic N) is 6. The van der Waals surface area contributed by atoms with Crippen molar-refractivity contribution < 1.29 is 0 Å². The van der Waals surface area contributed by atoms with Crippen molar-refractivity contribution in [2.45, 2.75) is 0 Å². The Morgan fingerprint density at radius 3 is 1.70 bits per heavy atom. The molecule has 0 aliphatic carbocycles. The molecule has 150 valence electrons. The predicted molar refractivity (Wildman–Crippen MR) is 124 cm³/mol. The molecule has 5 aromatic rings. The van der Waals surface area contributed by atoms with Gasteiger partial charge in [0.1, 0.15) is 16.6 Å². The molecule has 0 atom stereocenters. The van der Waals surface area contributed by atoms with Crippen LogP contribution in [0.15, 0.2) is 48.5 Å². The zero-order chi connectivity index (χ0) is 20.8. The van der Waals surface area contributed by atoms with Crippen molar-refractivity contribution >= 4 is 45.2 Å². The highest BCUT2D eigenvalue weighted by atomic mass is 32.1. The van der Waals surface area contributed by atoms with Gasteiger partial charge < -0.3 is 9.80 Å². The van der Waals surface area contributed by atoms with Gasteiger partial charge in [0, 0.05) is 50.7 Å². The van der Waals surface area contributed by atoms with E-state index in [1.807, 2.05) is 28.2 Å². The van der Waals surface area contributed by atoms with Crippen LogP contribution in [0.1, 0.15) is 0 Å². The average Bonchev–Trinajstić information content (AvgIpc) is 3.42. The number of hydrogen-bond donors (Lipinski definition) is 1. The molecule has 0 bridgehead atoms. The lowest BCUT2D eigenvalue weighted by molar-refractivity contribution is 0.960. The van der Waals surface area contributed by atoms with Crippen molar-refractivity contribution in [3.8, 4) is 22.3 Å². The van der Waals surface area contributed by atoms with E-state index in [2.05, 4.69) is 82.5 Å². The Balaban J connectivity index is 1.76. The summed E-state index contributed by atoms with van der Waals surface area (Å²) >= 11 is 1.22. The van der Waals surface area contributed by atoms with Crippen LogP contribution >= 0.6 is 11.7 Å². The second-order valence-electron chi connectivity index (χ2n) is 7.63. The molecule has 0 aliphatic heterocycles. The summed E-state index contributed by atoms with van der Waals surface area (Å²) in [6.07, 6.45) is 0. The van der Waals surface area contributed by atoms with Crippen molar-refractivity contribution in [3.05, 3.63) is 48.5 Å². The number of rotatable bonds is 4. The van der Waals surface area contributed by atoms with Crippen LogP contribution < -0.4 is 9.80 Å². The first-order chi connectivity index (χ1) is 14.5. The van der Waals surface area contributed by atoms with Gasteiger partial charge in [0.2, 0.25) is 0 Å². The molecule has 0 saturated carbocycles. The highest BCUT2D eigenvalue weighted by molar-refractivity contribution is 7.00. The Morgan fingerprint density at radius 1 is 0.667 bits per heavy atom. The van der Waals surface area contributed by atoms with Gasteiger partial charge in [-0.1, -0.05) is 29.5 Å². The second-order valence-corrected chi connectivity index (χ2v) is 8.16. The first kappa shape index (κ1) is 18.5. The Bertz CT molecular complexity index is 1180. The lowest BCUT2D eigenvalue weighted by Crippen LogP contribution is -2.08. The molecule has 0 fully saturated rings. The topological polar surface area (TPSA) is 73.8 Å². The molecule has 8 heteroatoms. The summed E-state index contributed by atoms with van der Waals surface area (Å²) in [7, 11) is 8.13. The molecule has 2 aromatic heterocycles. The number of aromatic nitrogens is 5. The van der Waals surface area contributed by atoms with Crippen molar-refractivity contribution in [2.75, 3.05) is 38.0 Å². The second kappa shape index (κ2) is 7.07. The smallest absolute Gasteiger partial charge is 0.123 e. The molecule has 0 amide bonds. The Morgan fingerprint density at radius 2 is 1.17 bits per heavy atom. The molecule has 3 aromatic carbocycles. The summed E-state index contributed by atoms with van der Waals surface area (Å²) < 4.78 is 9.30. The quantitative estimate of drug-likeness (QED) is 0.468. The maximum atomic E-state index is 4.65. The van der Waals surface area contributed by atoms with E-state index in [0.29, 0.717) is 0 Å². The van der Waals surface area contributed by atoms with Gasteiger partial charge in [0.15, 0.2) is 0 Å². The molecule has 5 rings (SSSR count). The molecule has 0 aliphatic rings. The third kappa shape index (κ3) is 2.88. The first-order valence-electron chi connectivity index (χ1n) is 9.59. The number of H-pyrrole nitrogens is 1. The van der Waals surface area contributed by atoms with E-state index >= 15 is 0 Å². The number of hydrogen-bond acceptors (Lipinski definition) is 7. The number of aromatic amines is 1. The monoisotopic (exact) mass is 415 g/mol. The molecular weight excluding hydrogens is 394 g/mol. The highest BCUT2D eigenvalue weighted by Crippen LogP contribution is 2.41. The lowest BCUT2D eigenvalue weighted by atomic mass is 9.95. The third-order valence-electron chi connectivity index (χ3n) is 5.34. The maximum absolute atomic E-state index is 4.65. The van der Waals surface area contributed by atoms with Crippen LogP contribution in [-0.4, -0.2) is 52.3 Å². The summed E-state index contributed by atoms with van der Waals surface area (Å²) in [5, 5.41) is 11.7. The van der Waals surface area contributed by atoms with E-state index in [1.165, 1.54) is 11.7 Å². The summed E-state index contributed by atoms with van der Waals surface area (Å²) in [6.45, 7) is 0. The van der Waals surface area contributed by atoms with E-state index < -0.39 is 0 Å². The average molecular weight is 416 g/mol. The van der Waals surface area contributed by atoms with Gasteiger partial charge in [-0.2, -0.15) is 8.75 Å². The van der Waals surface area contributed by atoms with E-state index in [9.17, 15) is 0 Å². The van der Waals surface area contributed by atoms with Gasteiger partial charge in [0.05, 0.1) is 17.2 Å².